The molecular formula is C11H12ClN5O4. The van der Waals surface area contributed by atoms with Gasteiger partial charge in [0, 0.05) is 24.5 Å². The number of hydrogen-bond donors (Lipinski definition) is 0. The highest BCUT2D eigenvalue weighted by molar-refractivity contribution is 6.29. The molecular weight excluding hydrogens is 302 g/mol. The van der Waals surface area contributed by atoms with Crippen LogP contribution in [-0.4, -0.2) is 34.3 Å². The first-order valence-corrected chi connectivity index (χ1v) is 6.46. The Morgan fingerprint density at radius 3 is 3.14 bits per heavy atom. The average molecular weight is 314 g/mol. The zero-order valence-electron chi connectivity index (χ0n) is 11.0. The summed E-state index contributed by atoms with van der Waals surface area (Å²) >= 11 is 5.63. The minimum Gasteiger partial charge on any atom is -0.463 e. The lowest BCUT2D eigenvalue weighted by Crippen LogP contribution is -2.28. The van der Waals surface area contributed by atoms with E-state index in [1.807, 2.05) is 0 Å². The van der Waals surface area contributed by atoms with Crippen LogP contribution < -0.4 is 5.69 Å². The lowest BCUT2D eigenvalue weighted by molar-refractivity contribution is -0.146. The molecule has 1 saturated heterocycles. The highest BCUT2D eigenvalue weighted by Crippen LogP contribution is 2.30. The van der Waals surface area contributed by atoms with E-state index >= 15 is 0 Å². The molecule has 0 aromatic carbocycles. The topological polar surface area (TPSA) is 119 Å². The van der Waals surface area contributed by atoms with Gasteiger partial charge >= 0.3 is 11.7 Å². The summed E-state index contributed by atoms with van der Waals surface area (Å²) < 4.78 is 11.7. The maximum Gasteiger partial charge on any atom is 0.351 e. The predicted octanol–water partition coefficient (Wildman–Crippen LogP) is 1.43. The van der Waals surface area contributed by atoms with E-state index < -0.39 is 30.0 Å². The van der Waals surface area contributed by atoms with E-state index in [9.17, 15) is 9.59 Å². The van der Waals surface area contributed by atoms with Crippen LogP contribution in [0.15, 0.2) is 22.2 Å². The summed E-state index contributed by atoms with van der Waals surface area (Å²) in [6.45, 7) is 1.22. The summed E-state index contributed by atoms with van der Waals surface area (Å²) in [5.41, 5.74) is 8.00. The van der Waals surface area contributed by atoms with Crippen molar-refractivity contribution in [2.75, 3.05) is 6.61 Å². The van der Waals surface area contributed by atoms with Gasteiger partial charge in [0.15, 0.2) is 0 Å². The molecule has 0 amide bonds. The monoisotopic (exact) mass is 313 g/mol. The Bertz CT molecular complexity index is 642. The molecule has 1 aliphatic heterocycles. The fourth-order valence-corrected chi connectivity index (χ4v) is 2.16. The molecule has 112 valence electrons. The molecule has 0 N–H and O–H groups in total. The smallest absolute Gasteiger partial charge is 0.351 e. The fourth-order valence-electron chi connectivity index (χ4n) is 2.03. The van der Waals surface area contributed by atoms with E-state index in [4.69, 9.17) is 26.6 Å². The van der Waals surface area contributed by atoms with Crippen molar-refractivity contribution in [2.45, 2.75) is 31.7 Å². The molecule has 10 heteroatoms. The van der Waals surface area contributed by atoms with Crippen LogP contribution in [0.25, 0.3) is 10.4 Å². The lowest BCUT2D eigenvalue weighted by Gasteiger charge is -2.15. The van der Waals surface area contributed by atoms with Gasteiger partial charge in [0.1, 0.15) is 24.1 Å². The number of nitrogens with zero attached hydrogens (tertiary/aromatic N) is 5. The van der Waals surface area contributed by atoms with Gasteiger partial charge in [-0.05, 0) is 11.6 Å². The van der Waals surface area contributed by atoms with E-state index in [1.54, 1.807) is 0 Å². The Labute approximate surface area is 124 Å². The van der Waals surface area contributed by atoms with Gasteiger partial charge in [0.2, 0.25) is 0 Å². The molecule has 1 fully saturated rings. The third kappa shape index (κ3) is 3.72. The van der Waals surface area contributed by atoms with E-state index in [1.165, 1.54) is 23.8 Å². The van der Waals surface area contributed by atoms with Crippen LogP contribution in [0, 0.1) is 0 Å². The largest absolute Gasteiger partial charge is 0.463 e. The Hall–Kier alpha value is -2.09. The third-order valence-corrected chi connectivity index (χ3v) is 3.17. The van der Waals surface area contributed by atoms with Crippen LogP contribution in [0.3, 0.4) is 0 Å². The highest BCUT2D eigenvalue weighted by atomic mass is 35.5. The second kappa shape index (κ2) is 6.57. The van der Waals surface area contributed by atoms with E-state index in [2.05, 4.69) is 15.0 Å². The van der Waals surface area contributed by atoms with Crippen molar-refractivity contribution in [1.29, 1.82) is 0 Å². The van der Waals surface area contributed by atoms with Crippen LogP contribution in [0.4, 0.5) is 0 Å². The molecule has 0 spiro atoms. The molecule has 21 heavy (non-hydrogen) atoms. The molecule has 0 saturated carbocycles. The van der Waals surface area contributed by atoms with Gasteiger partial charge in [0.05, 0.1) is 6.04 Å². The molecule has 1 aliphatic rings. The summed E-state index contributed by atoms with van der Waals surface area (Å²) in [7, 11) is 0. The van der Waals surface area contributed by atoms with Crippen LogP contribution >= 0.6 is 11.6 Å². The van der Waals surface area contributed by atoms with Gasteiger partial charge in [-0.15, -0.1) is 0 Å². The zero-order chi connectivity index (χ0) is 15.4. The first kappa shape index (κ1) is 15.3. The number of carbonyl (C=O) groups excluding carboxylic acids is 1. The van der Waals surface area contributed by atoms with Crippen molar-refractivity contribution in [3.63, 3.8) is 0 Å². The number of ether oxygens (including phenoxy) is 2. The Morgan fingerprint density at radius 2 is 2.52 bits per heavy atom. The van der Waals surface area contributed by atoms with Crippen molar-refractivity contribution in [3.05, 3.63) is 38.3 Å². The van der Waals surface area contributed by atoms with E-state index in [-0.39, 0.29) is 18.2 Å². The minimum absolute atomic E-state index is 0.0503. The average Bonchev–Trinajstić information content (AvgIpc) is 2.80. The van der Waals surface area contributed by atoms with E-state index in [0.29, 0.717) is 0 Å². The molecule has 2 heterocycles. The summed E-state index contributed by atoms with van der Waals surface area (Å²) in [5, 5.41) is 3.69. The van der Waals surface area contributed by atoms with Gasteiger partial charge < -0.3 is 9.47 Å². The van der Waals surface area contributed by atoms with Crippen molar-refractivity contribution < 1.29 is 14.3 Å². The summed E-state index contributed by atoms with van der Waals surface area (Å²) in [5.74, 6) is -0.466. The maximum absolute atomic E-state index is 11.8. The number of rotatable bonds is 4. The predicted molar refractivity (Wildman–Crippen MR) is 71.6 cm³/mol. The van der Waals surface area contributed by atoms with Crippen molar-refractivity contribution in [1.82, 2.24) is 9.55 Å². The molecule has 1 aromatic rings. The first-order valence-electron chi connectivity index (χ1n) is 6.09. The molecule has 9 nitrogen and oxygen atoms in total. The SMILES string of the molecule is CC(=O)OC[C@H]1O[C@@H](n2ccc(Cl)nc2=O)C[C@@H]1N=[N+]=[N-]. The molecule has 0 bridgehead atoms. The molecule has 0 radical (unpaired) electrons. The fraction of sp³-hybridized carbons (Fsp3) is 0.545. The molecule has 2 rings (SSSR count). The number of azide groups is 1. The van der Waals surface area contributed by atoms with Crippen LogP contribution in [0.1, 0.15) is 19.6 Å². The normalized spacial score (nSPS) is 24.4. The number of aromatic nitrogens is 2. The summed E-state index contributed by atoms with van der Waals surface area (Å²) in [4.78, 5) is 28.9. The van der Waals surface area contributed by atoms with Gasteiger partial charge in [-0.1, -0.05) is 16.7 Å². The summed E-state index contributed by atoms with van der Waals surface area (Å²) in [6.07, 6.45) is 0.457. The van der Waals surface area contributed by atoms with Gasteiger partial charge in [-0.3, -0.25) is 9.36 Å². The number of hydrogen-bond acceptors (Lipinski definition) is 6. The minimum atomic E-state index is -0.654. The number of esters is 1. The standard InChI is InChI=1S/C11H12ClN5O4/c1-6(18)20-5-8-7(15-16-13)4-10(21-8)17-3-2-9(12)14-11(17)19/h2-3,7-8,10H,4-5H2,1H3/t7-,8+,10+/m0/s1. The van der Waals surface area contributed by atoms with Crippen molar-refractivity contribution in [3.8, 4) is 0 Å². The molecule has 1 aromatic heterocycles. The van der Waals surface area contributed by atoms with Crippen molar-refractivity contribution >= 4 is 17.6 Å². The molecule has 0 aliphatic carbocycles. The third-order valence-electron chi connectivity index (χ3n) is 2.96. The van der Waals surface area contributed by atoms with Gasteiger partial charge in [0.25, 0.3) is 0 Å². The highest BCUT2D eigenvalue weighted by Gasteiger charge is 2.36. The first-order chi connectivity index (χ1) is 10.0. The Balaban J connectivity index is 2.17. The van der Waals surface area contributed by atoms with Crippen LogP contribution in [-0.2, 0) is 14.3 Å². The molecule has 0 unspecified atom stereocenters. The Morgan fingerprint density at radius 1 is 1.76 bits per heavy atom. The summed E-state index contributed by atoms with van der Waals surface area (Å²) in [6, 6.07) is 0.913. The second-order valence-electron chi connectivity index (χ2n) is 4.38. The quantitative estimate of drug-likeness (QED) is 0.274. The lowest BCUT2D eigenvalue weighted by atomic mass is 10.1. The molecule has 3 atom stereocenters. The van der Waals surface area contributed by atoms with Crippen LogP contribution in [0.2, 0.25) is 5.15 Å². The number of halogens is 1. The van der Waals surface area contributed by atoms with Crippen molar-refractivity contribution in [2.24, 2.45) is 5.11 Å². The van der Waals surface area contributed by atoms with E-state index in [0.717, 1.165) is 0 Å². The maximum atomic E-state index is 11.8. The second-order valence-corrected chi connectivity index (χ2v) is 4.77. The van der Waals surface area contributed by atoms with Crippen LogP contribution in [0.5, 0.6) is 0 Å². The Kier molecular flexibility index (Phi) is 4.79. The van der Waals surface area contributed by atoms with Gasteiger partial charge in [-0.2, -0.15) is 4.98 Å². The van der Waals surface area contributed by atoms with Gasteiger partial charge in [-0.25, -0.2) is 4.79 Å². The zero-order valence-corrected chi connectivity index (χ0v) is 11.8. The number of carbonyl (C=O) groups is 1.